The van der Waals surface area contributed by atoms with Gasteiger partial charge in [0.2, 0.25) is 0 Å². The molecule has 120 valence electrons. The van der Waals surface area contributed by atoms with Gasteiger partial charge in [-0.05, 0) is 18.2 Å². The molecular formula is C14H7Cl4NO4. The molecule has 2 rings (SSSR count). The lowest BCUT2D eigenvalue weighted by atomic mass is 10.2. The van der Waals surface area contributed by atoms with E-state index in [0.717, 1.165) is 6.07 Å². The highest BCUT2D eigenvalue weighted by atomic mass is 35.5. The number of rotatable bonds is 3. The molecule has 2 aromatic rings. The van der Waals surface area contributed by atoms with Gasteiger partial charge in [0.15, 0.2) is 12.6 Å². The standard InChI is InChI=1S/C7H3Cl2NO3.C7H4Cl2O/c8-5-1-2-6(10(12)13)7(9)4(5)3-11;8-6-2-1-3-7(9)5(6)4-10/h1-3H;1-4H. The Kier molecular flexibility index (Phi) is 7.45. The molecule has 0 aliphatic heterocycles. The number of carbonyl (C=O) groups is 2. The molecule has 23 heavy (non-hydrogen) atoms. The molecule has 5 nitrogen and oxygen atoms in total. The van der Waals surface area contributed by atoms with Gasteiger partial charge in [-0.1, -0.05) is 52.5 Å². The molecule has 0 aliphatic carbocycles. The van der Waals surface area contributed by atoms with Crippen molar-refractivity contribution in [1.82, 2.24) is 0 Å². The predicted octanol–water partition coefficient (Wildman–Crippen LogP) is 5.52. The third-order valence-corrected chi connectivity index (χ3v) is 3.92. The van der Waals surface area contributed by atoms with Crippen molar-refractivity contribution >= 4 is 64.7 Å². The fourth-order valence-corrected chi connectivity index (χ4v) is 2.45. The SMILES string of the molecule is O=Cc1c(Cl)ccc([N+](=O)[O-])c1Cl.O=Cc1c(Cl)cccc1Cl. The van der Waals surface area contributed by atoms with Crippen LogP contribution in [0.5, 0.6) is 0 Å². The Morgan fingerprint density at radius 2 is 1.30 bits per heavy atom. The van der Waals surface area contributed by atoms with Gasteiger partial charge in [-0.3, -0.25) is 19.7 Å². The Morgan fingerprint density at radius 3 is 1.70 bits per heavy atom. The first-order valence-corrected chi connectivity index (χ1v) is 7.31. The van der Waals surface area contributed by atoms with Crippen molar-refractivity contribution in [3.8, 4) is 0 Å². The Labute approximate surface area is 150 Å². The maximum Gasteiger partial charge on any atom is 0.288 e. The summed E-state index contributed by atoms with van der Waals surface area (Å²) in [4.78, 5) is 30.4. The summed E-state index contributed by atoms with van der Waals surface area (Å²) >= 11 is 22.3. The van der Waals surface area contributed by atoms with Crippen LogP contribution in [0.4, 0.5) is 5.69 Å². The zero-order chi connectivity index (χ0) is 17.6. The second kappa shape index (κ2) is 8.84. The predicted molar refractivity (Wildman–Crippen MR) is 90.4 cm³/mol. The maximum atomic E-state index is 10.4. The molecule has 0 radical (unpaired) electrons. The van der Waals surface area contributed by atoms with Gasteiger partial charge in [0, 0.05) is 6.07 Å². The van der Waals surface area contributed by atoms with E-state index in [1.807, 2.05) is 0 Å². The van der Waals surface area contributed by atoms with Gasteiger partial charge in [-0.2, -0.15) is 0 Å². The van der Waals surface area contributed by atoms with Crippen molar-refractivity contribution in [3.05, 3.63) is 71.7 Å². The van der Waals surface area contributed by atoms with E-state index < -0.39 is 4.92 Å². The van der Waals surface area contributed by atoms with Crippen LogP contribution in [0.1, 0.15) is 20.7 Å². The molecule has 0 saturated carbocycles. The van der Waals surface area contributed by atoms with Crippen molar-refractivity contribution < 1.29 is 14.5 Å². The van der Waals surface area contributed by atoms with Crippen LogP contribution >= 0.6 is 46.4 Å². The van der Waals surface area contributed by atoms with E-state index in [-0.39, 0.29) is 21.3 Å². The molecule has 0 unspecified atom stereocenters. The highest BCUT2D eigenvalue weighted by molar-refractivity contribution is 6.40. The number of nitro groups is 1. The average Bonchev–Trinajstić information content (AvgIpc) is 2.48. The fourth-order valence-electron chi connectivity index (χ4n) is 1.43. The van der Waals surface area contributed by atoms with E-state index in [1.165, 1.54) is 6.07 Å². The third-order valence-electron chi connectivity index (χ3n) is 2.54. The number of halogens is 4. The van der Waals surface area contributed by atoms with Crippen molar-refractivity contribution in [2.24, 2.45) is 0 Å². The summed E-state index contributed by atoms with van der Waals surface area (Å²) in [6.45, 7) is 0. The number of hydrogen-bond acceptors (Lipinski definition) is 4. The Hall–Kier alpha value is -1.66. The molecule has 0 aromatic heterocycles. The van der Waals surface area contributed by atoms with Crippen molar-refractivity contribution in [1.29, 1.82) is 0 Å². The van der Waals surface area contributed by atoms with E-state index in [0.29, 0.717) is 28.2 Å². The molecule has 2 aromatic carbocycles. The van der Waals surface area contributed by atoms with Crippen LogP contribution < -0.4 is 0 Å². The largest absolute Gasteiger partial charge is 0.298 e. The molecule has 0 atom stereocenters. The molecule has 0 fully saturated rings. The number of nitro benzene ring substituents is 1. The van der Waals surface area contributed by atoms with Gasteiger partial charge < -0.3 is 0 Å². The summed E-state index contributed by atoms with van der Waals surface area (Å²) in [5.41, 5.74) is -0.0310. The second-order valence-electron chi connectivity index (χ2n) is 3.92. The normalized spacial score (nSPS) is 9.57. The van der Waals surface area contributed by atoms with Gasteiger partial charge in [0.25, 0.3) is 5.69 Å². The molecule has 0 amide bonds. The Balaban J connectivity index is 0.000000238. The first kappa shape index (κ1) is 19.4. The lowest BCUT2D eigenvalue weighted by Gasteiger charge is -1.99. The first-order valence-electron chi connectivity index (χ1n) is 5.80. The monoisotopic (exact) mass is 393 g/mol. The summed E-state index contributed by atoms with van der Waals surface area (Å²) in [7, 11) is 0. The summed E-state index contributed by atoms with van der Waals surface area (Å²) in [5.74, 6) is 0. The van der Waals surface area contributed by atoms with Crippen molar-refractivity contribution in [2.75, 3.05) is 0 Å². The van der Waals surface area contributed by atoms with Crippen LogP contribution in [-0.2, 0) is 0 Å². The van der Waals surface area contributed by atoms with E-state index in [4.69, 9.17) is 46.4 Å². The van der Waals surface area contributed by atoms with Gasteiger partial charge >= 0.3 is 0 Å². The van der Waals surface area contributed by atoms with E-state index >= 15 is 0 Å². The molecule has 0 saturated heterocycles. The van der Waals surface area contributed by atoms with Crippen LogP contribution in [0, 0.1) is 10.1 Å². The molecular weight excluding hydrogens is 388 g/mol. The quantitative estimate of drug-likeness (QED) is 0.390. The molecule has 0 N–H and O–H groups in total. The highest BCUT2D eigenvalue weighted by Crippen LogP contribution is 2.31. The number of hydrogen-bond donors (Lipinski definition) is 0. The van der Waals surface area contributed by atoms with Gasteiger partial charge in [-0.25, -0.2) is 0 Å². The summed E-state index contributed by atoms with van der Waals surface area (Å²) < 4.78 is 0. The lowest BCUT2D eigenvalue weighted by molar-refractivity contribution is -0.384. The van der Waals surface area contributed by atoms with E-state index in [2.05, 4.69) is 0 Å². The summed E-state index contributed by atoms with van der Waals surface area (Å²) in [6, 6.07) is 7.35. The van der Waals surface area contributed by atoms with Gasteiger partial charge in [0.1, 0.15) is 5.02 Å². The molecule has 0 spiro atoms. The van der Waals surface area contributed by atoms with Gasteiger partial charge in [-0.15, -0.1) is 0 Å². The molecule has 0 aliphatic rings. The van der Waals surface area contributed by atoms with Crippen molar-refractivity contribution in [3.63, 3.8) is 0 Å². The van der Waals surface area contributed by atoms with Gasteiger partial charge in [0.05, 0.1) is 31.1 Å². The summed E-state index contributed by atoms with van der Waals surface area (Å²) in [6.07, 6.45) is 1.03. The topological polar surface area (TPSA) is 77.3 Å². The number of carbonyl (C=O) groups excluding carboxylic acids is 2. The number of benzene rings is 2. The van der Waals surface area contributed by atoms with Crippen LogP contribution in [0.25, 0.3) is 0 Å². The minimum absolute atomic E-state index is 0.0578. The third kappa shape index (κ3) is 4.91. The van der Waals surface area contributed by atoms with E-state index in [1.54, 1.807) is 18.2 Å². The number of nitrogens with zero attached hydrogens (tertiary/aromatic N) is 1. The smallest absolute Gasteiger partial charge is 0.288 e. The van der Waals surface area contributed by atoms with Crippen LogP contribution in [0.3, 0.4) is 0 Å². The molecule has 0 heterocycles. The van der Waals surface area contributed by atoms with Crippen LogP contribution in [0.2, 0.25) is 20.1 Å². The first-order chi connectivity index (χ1) is 10.8. The Bertz CT molecular complexity index is 744. The zero-order valence-corrected chi connectivity index (χ0v) is 14.2. The minimum Gasteiger partial charge on any atom is -0.298 e. The molecule has 0 bridgehead atoms. The van der Waals surface area contributed by atoms with E-state index in [9.17, 15) is 19.7 Å². The Morgan fingerprint density at radius 1 is 0.826 bits per heavy atom. The fraction of sp³-hybridized carbons (Fsp3) is 0. The highest BCUT2D eigenvalue weighted by Gasteiger charge is 2.17. The minimum atomic E-state index is -0.675. The zero-order valence-electron chi connectivity index (χ0n) is 11.1. The number of aldehydes is 2. The molecule has 9 heteroatoms. The lowest BCUT2D eigenvalue weighted by Crippen LogP contribution is -1.93. The maximum absolute atomic E-state index is 10.4. The van der Waals surface area contributed by atoms with Crippen LogP contribution in [0.15, 0.2) is 30.3 Å². The van der Waals surface area contributed by atoms with Crippen LogP contribution in [-0.4, -0.2) is 17.5 Å². The van der Waals surface area contributed by atoms with Crippen molar-refractivity contribution in [2.45, 2.75) is 0 Å². The summed E-state index contributed by atoms with van der Waals surface area (Å²) in [5, 5.41) is 11.0. The second-order valence-corrected chi connectivity index (χ2v) is 5.52. The average molecular weight is 395 g/mol.